The normalized spacial score (nSPS) is 29.2. The summed E-state index contributed by atoms with van der Waals surface area (Å²) in [5, 5.41) is 3.81. The van der Waals surface area contributed by atoms with Crippen molar-refractivity contribution < 1.29 is 4.42 Å². The number of nitrogens with one attached hydrogen (secondary N) is 1. The third-order valence-corrected chi connectivity index (χ3v) is 6.03. The van der Waals surface area contributed by atoms with E-state index in [9.17, 15) is 0 Å². The molecular weight excluding hydrogens is 258 g/mol. The Balaban J connectivity index is 1.77. The molecule has 2 fully saturated rings. The van der Waals surface area contributed by atoms with Crippen molar-refractivity contribution in [2.45, 2.75) is 72.3 Å². The summed E-state index contributed by atoms with van der Waals surface area (Å²) in [6, 6.07) is 0.492. The fraction of sp³-hybridized carbons (Fsp3) is 0.789. The van der Waals surface area contributed by atoms with E-state index in [0.29, 0.717) is 6.04 Å². The van der Waals surface area contributed by atoms with Gasteiger partial charge in [0.2, 0.25) is 0 Å². The predicted molar refractivity (Wildman–Crippen MR) is 87.5 cm³/mol. The SMILES string of the molecule is CCCNC(CC1CC2CCC1C2)c1c(C)oc(C)c1C. The Labute approximate surface area is 129 Å². The molecule has 1 aromatic heterocycles. The maximum Gasteiger partial charge on any atom is 0.106 e. The Hall–Kier alpha value is -0.760. The van der Waals surface area contributed by atoms with Gasteiger partial charge >= 0.3 is 0 Å². The molecule has 2 nitrogen and oxygen atoms in total. The average molecular weight is 289 g/mol. The minimum Gasteiger partial charge on any atom is -0.466 e. The van der Waals surface area contributed by atoms with Crippen LogP contribution in [0.1, 0.15) is 74.1 Å². The summed E-state index contributed by atoms with van der Waals surface area (Å²) in [5.74, 6) is 5.21. The van der Waals surface area contributed by atoms with Crippen molar-refractivity contribution in [3.63, 3.8) is 0 Å². The van der Waals surface area contributed by atoms with Crippen LogP contribution in [0, 0.1) is 38.5 Å². The highest BCUT2D eigenvalue weighted by molar-refractivity contribution is 5.34. The van der Waals surface area contributed by atoms with Crippen LogP contribution in [-0.2, 0) is 0 Å². The molecule has 0 radical (unpaired) electrons. The van der Waals surface area contributed by atoms with Crippen molar-refractivity contribution in [3.8, 4) is 0 Å². The van der Waals surface area contributed by atoms with E-state index in [1.807, 2.05) is 0 Å². The van der Waals surface area contributed by atoms with Crippen LogP contribution >= 0.6 is 0 Å². The van der Waals surface area contributed by atoms with Gasteiger partial charge in [0, 0.05) is 11.6 Å². The highest BCUT2D eigenvalue weighted by Gasteiger charge is 2.40. The molecule has 4 atom stereocenters. The molecular formula is C19H31NO. The Morgan fingerprint density at radius 2 is 1.95 bits per heavy atom. The van der Waals surface area contributed by atoms with Crippen molar-refractivity contribution in [1.29, 1.82) is 0 Å². The van der Waals surface area contributed by atoms with Gasteiger partial charge in [0.1, 0.15) is 11.5 Å². The molecule has 0 aliphatic heterocycles. The van der Waals surface area contributed by atoms with Crippen LogP contribution in [0.5, 0.6) is 0 Å². The lowest BCUT2D eigenvalue weighted by Crippen LogP contribution is -2.27. The number of fused-ring (bicyclic) bond motifs is 2. The Morgan fingerprint density at radius 1 is 1.14 bits per heavy atom. The Morgan fingerprint density at radius 3 is 2.48 bits per heavy atom. The number of furan rings is 1. The van der Waals surface area contributed by atoms with Gasteiger partial charge in [0.25, 0.3) is 0 Å². The second kappa shape index (κ2) is 6.16. The monoisotopic (exact) mass is 289 g/mol. The third kappa shape index (κ3) is 2.92. The zero-order chi connectivity index (χ0) is 15.0. The standard InChI is InChI=1S/C19H31NO/c1-5-8-20-18(19-12(2)13(3)21-14(19)4)11-17-10-15-6-7-16(17)9-15/h15-18,20H,5-11H2,1-4H3. The van der Waals surface area contributed by atoms with E-state index in [2.05, 4.69) is 33.0 Å². The molecule has 0 saturated heterocycles. The van der Waals surface area contributed by atoms with Gasteiger partial charge in [0.15, 0.2) is 0 Å². The van der Waals surface area contributed by atoms with Gasteiger partial charge in [-0.2, -0.15) is 0 Å². The molecule has 2 aliphatic rings. The summed E-state index contributed by atoms with van der Waals surface area (Å²) in [7, 11) is 0. The number of hydrogen-bond donors (Lipinski definition) is 1. The smallest absolute Gasteiger partial charge is 0.106 e. The molecule has 2 bridgehead atoms. The zero-order valence-corrected chi connectivity index (χ0v) is 14.2. The molecule has 0 aromatic carbocycles. The highest BCUT2D eigenvalue weighted by Crippen LogP contribution is 2.51. The van der Waals surface area contributed by atoms with E-state index >= 15 is 0 Å². The number of aryl methyl sites for hydroxylation is 2. The lowest BCUT2D eigenvalue weighted by Gasteiger charge is -2.28. The summed E-state index contributed by atoms with van der Waals surface area (Å²) in [4.78, 5) is 0. The Kier molecular flexibility index (Phi) is 4.44. The molecule has 1 heterocycles. The molecule has 3 rings (SSSR count). The maximum absolute atomic E-state index is 5.89. The fourth-order valence-corrected chi connectivity index (χ4v) is 4.91. The maximum atomic E-state index is 5.89. The van der Waals surface area contributed by atoms with Crippen molar-refractivity contribution in [2.24, 2.45) is 17.8 Å². The molecule has 21 heavy (non-hydrogen) atoms. The first kappa shape index (κ1) is 15.1. The largest absolute Gasteiger partial charge is 0.466 e. The molecule has 0 spiro atoms. The van der Waals surface area contributed by atoms with Gasteiger partial charge < -0.3 is 9.73 Å². The summed E-state index contributed by atoms with van der Waals surface area (Å²) in [6.07, 6.45) is 8.47. The molecule has 2 saturated carbocycles. The van der Waals surface area contributed by atoms with Gasteiger partial charge in [-0.25, -0.2) is 0 Å². The minimum absolute atomic E-state index is 0.492. The van der Waals surface area contributed by atoms with Gasteiger partial charge in [-0.15, -0.1) is 0 Å². The van der Waals surface area contributed by atoms with Crippen LogP contribution in [-0.4, -0.2) is 6.54 Å². The molecule has 2 aliphatic carbocycles. The van der Waals surface area contributed by atoms with Gasteiger partial charge in [-0.05, 0) is 82.7 Å². The van der Waals surface area contributed by atoms with E-state index in [1.54, 1.807) is 0 Å². The van der Waals surface area contributed by atoms with Crippen molar-refractivity contribution >= 4 is 0 Å². The van der Waals surface area contributed by atoms with Crippen LogP contribution in [0.15, 0.2) is 4.42 Å². The van der Waals surface area contributed by atoms with Crippen molar-refractivity contribution in [3.05, 3.63) is 22.6 Å². The molecule has 1 N–H and O–H groups in total. The third-order valence-electron chi connectivity index (χ3n) is 6.03. The number of rotatable bonds is 6. The first-order chi connectivity index (χ1) is 10.1. The molecule has 2 heteroatoms. The summed E-state index contributed by atoms with van der Waals surface area (Å²) in [5.41, 5.74) is 2.81. The second-order valence-corrected chi connectivity index (χ2v) is 7.43. The van der Waals surface area contributed by atoms with Crippen LogP contribution < -0.4 is 5.32 Å². The van der Waals surface area contributed by atoms with Gasteiger partial charge in [-0.1, -0.05) is 13.3 Å². The first-order valence-corrected chi connectivity index (χ1v) is 8.90. The average Bonchev–Trinajstić information content (AvgIpc) is 3.12. The predicted octanol–water partition coefficient (Wildman–Crippen LogP) is 5.07. The van der Waals surface area contributed by atoms with E-state index in [4.69, 9.17) is 4.42 Å². The summed E-state index contributed by atoms with van der Waals surface area (Å²) < 4.78 is 5.89. The molecule has 4 unspecified atom stereocenters. The van der Waals surface area contributed by atoms with Crippen molar-refractivity contribution in [2.75, 3.05) is 6.54 Å². The summed E-state index contributed by atoms with van der Waals surface area (Å²) in [6.45, 7) is 9.82. The van der Waals surface area contributed by atoms with E-state index in [0.717, 1.165) is 35.8 Å². The van der Waals surface area contributed by atoms with Crippen molar-refractivity contribution in [1.82, 2.24) is 5.32 Å². The van der Waals surface area contributed by atoms with E-state index in [1.165, 1.54) is 49.7 Å². The molecule has 0 amide bonds. The molecule has 118 valence electrons. The van der Waals surface area contributed by atoms with Crippen LogP contribution in [0.2, 0.25) is 0 Å². The molecule has 1 aromatic rings. The van der Waals surface area contributed by atoms with Gasteiger partial charge in [-0.3, -0.25) is 0 Å². The van der Waals surface area contributed by atoms with Crippen LogP contribution in [0.25, 0.3) is 0 Å². The van der Waals surface area contributed by atoms with E-state index < -0.39 is 0 Å². The fourth-order valence-electron chi connectivity index (χ4n) is 4.91. The Bertz CT molecular complexity index is 490. The van der Waals surface area contributed by atoms with E-state index in [-0.39, 0.29) is 0 Å². The minimum atomic E-state index is 0.492. The second-order valence-electron chi connectivity index (χ2n) is 7.43. The first-order valence-electron chi connectivity index (χ1n) is 8.90. The topological polar surface area (TPSA) is 25.2 Å². The lowest BCUT2D eigenvalue weighted by atomic mass is 9.82. The van der Waals surface area contributed by atoms with Crippen LogP contribution in [0.3, 0.4) is 0 Å². The lowest BCUT2D eigenvalue weighted by molar-refractivity contribution is 0.278. The zero-order valence-electron chi connectivity index (χ0n) is 14.2. The van der Waals surface area contributed by atoms with Gasteiger partial charge in [0.05, 0.1) is 0 Å². The number of hydrogen-bond acceptors (Lipinski definition) is 2. The van der Waals surface area contributed by atoms with Crippen LogP contribution in [0.4, 0.5) is 0 Å². The highest BCUT2D eigenvalue weighted by atomic mass is 16.3. The quantitative estimate of drug-likeness (QED) is 0.790. The summed E-state index contributed by atoms with van der Waals surface area (Å²) >= 11 is 0.